The number of anilines is 3. The molecule has 0 spiro atoms. The first-order valence-corrected chi connectivity index (χ1v) is 8.57. The van der Waals surface area contributed by atoms with Gasteiger partial charge in [0.05, 0.1) is 18.6 Å². The predicted octanol–water partition coefficient (Wildman–Crippen LogP) is 2.03. The molecule has 0 aliphatic carbocycles. The molecule has 1 N–H and O–H groups in total. The third-order valence-electron chi connectivity index (χ3n) is 4.42. The standard InChI is InChI=1S/C18H21N5O4/c1-27-18(24)13-21-8-10-22(11-9-21)15-4-2-14(3-5-15)20-17-7-6-16(12-19-17)23(25)26/h2-7,12H,8-11,13H2,1H3,(H,19,20). The van der Waals surface area contributed by atoms with Crippen LogP contribution in [0.15, 0.2) is 42.6 Å². The number of nitrogens with zero attached hydrogens (tertiary/aromatic N) is 4. The van der Waals surface area contributed by atoms with Crippen molar-refractivity contribution in [2.45, 2.75) is 0 Å². The van der Waals surface area contributed by atoms with E-state index in [1.165, 1.54) is 19.4 Å². The minimum absolute atomic E-state index is 0.0396. The van der Waals surface area contributed by atoms with Crippen LogP contribution in [0.5, 0.6) is 0 Å². The minimum atomic E-state index is -0.476. The lowest BCUT2D eigenvalue weighted by Gasteiger charge is -2.35. The molecule has 2 aromatic rings. The van der Waals surface area contributed by atoms with E-state index in [0.717, 1.165) is 37.6 Å². The maximum absolute atomic E-state index is 11.3. The van der Waals surface area contributed by atoms with E-state index < -0.39 is 4.92 Å². The molecule has 3 rings (SSSR count). The number of methoxy groups -OCH3 is 1. The second-order valence-corrected chi connectivity index (χ2v) is 6.17. The lowest BCUT2D eigenvalue weighted by atomic mass is 10.2. The van der Waals surface area contributed by atoms with Crippen LogP contribution < -0.4 is 10.2 Å². The van der Waals surface area contributed by atoms with Crippen LogP contribution in [0.25, 0.3) is 0 Å². The molecule has 1 aliphatic rings. The highest BCUT2D eigenvalue weighted by Crippen LogP contribution is 2.22. The van der Waals surface area contributed by atoms with Gasteiger partial charge in [-0.25, -0.2) is 4.98 Å². The van der Waals surface area contributed by atoms with Crippen LogP contribution >= 0.6 is 0 Å². The molecule has 0 amide bonds. The zero-order valence-electron chi connectivity index (χ0n) is 15.0. The summed E-state index contributed by atoms with van der Waals surface area (Å²) in [5.41, 5.74) is 1.92. The lowest BCUT2D eigenvalue weighted by Crippen LogP contribution is -2.48. The summed E-state index contributed by atoms with van der Waals surface area (Å²) in [7, 11) is 1.40. The van der Waals surface area contributed by atoms with Gasteiger partial charge in [0.25, 0.3) is 5.69 Å². The number of carbonyl (C=O) groups excluding carboxylic acids is 1. The van der Waals surface area contributed by atoms with Gasteiger partial charge in [0.15, 0.2) is 0 Å². The van der Waals surface area contributed by atoms with Crippen LogP contribution in [0.3, 0.4) is 0 Å². The maximum atomic E-state index is 11.3. The number of esters is 1. The van der Waals surface area contributed by atoms with Crippen LogP contribution in [0.4, 0.5) is 22.9 Å². The number of hydrogen-bond acceptors (Lipinski definition) is 8. The molecular formula is C18H21N5O4. The molecule has 2 heterocycles. The molecule has 0 radical (unpaired) electrons. The van der Waals surface area contributed by atoms with E-state index in [2.05, 4.69) is 20.1 Å². The molecular weight excluding hydrogens is 350 g/mol. The van der Waals surface area contributed by atoms with Crippen molar-refractivity contribution in [3.05, 3.63) is 52.7 Å². The van der Waals surface area contributed by atoms with Gasteiger partial charge in [-0.05, 0) is 30.3 Å². The summed E-state index contributed by atoms with van der Waals surface area (Å²) in [6.07, 6.45) is 1.23. The van der Waals surface area contributed by atoms with Crippen LogP contribution in [-0.4, -0.2) is 60.6 Å². The molecule has 1 aromatic carbocycles. The van der Waals surface area contributed by atoms with Crippen LogP contribution in [0.2, 0.25) is 0 Å². The first kappa shape index (κ1) is 18.6. The Morgan fingerprint density at radius 2 is 1.89 bits per heavy atom. The number of piperazine rings is 1. The first-order valence-electron chi connectivity index (χ1n) is 8.57. The van der Waals surface area contributed by atoms with Gasteiger partial charge < -0.3 is 15.0 Å². The van der Waals surface area contributed by atoms with E-state index in [4.69, 9.17) is 4.74 Å². The van der Waals surface area contributed by atoms with Crippen LogP contribution in [-0.2, 0) is 9.53 Å². The largest absolute Gasteiger partial charge is 0.468 e. The van der Waals surface area contributed by atoms with Crippen molar-refractivity contribution in [1.82, 2.24) is 9.88 Å². The summed E-state index contributed by atoms with van der Waals surface area (Å²) in [5.74, 6) is 0.337. The fourth-order valence-corrected chi connectivity index (χ4v) is 2.88. The number of benzene rings is 1. The Balaban J connectivity index is 1.54. The number of carbonyl (C=O) groups is 1. The van der Waals surface area contributed by atoms with Crippen molar-refractivity contribution < 1.29 is 14.5 Å². The van der Waals surface area contributed by atoms with Crippen molar-refractivity contribution in [2.24, 2.45) is 0 Å². The van der Waals surface area contributed by atoms with E-state index >= 15 is 0 Å². The van der Waals surface area contributed by atoms with Gasteiger partial charge >= 0.3 is 5.97 Å². The number of hydrogen-bond donors (Lipinski definition) is 1. The smallest absolute Gasteiger partial charge is 0.319 e. The number of pyridine rings is 1. The number of nitro groups is 1. The maximum Gasteiger partial charge on any atom is 0.319 e. The van der Waals surface area contributed by atoms with E-state index in [1.54, 1.807) is 6.07 Å². The third-order valence-corrected chi connectivity index (χ3v) is 4.42. The zero-order valence-corrected chi connectivity index (χ0v) is 15.0. The highest BCUT2D eigenvalue weighted by Gasteiger charge is 2.19. The van der Waals surface area contributed by atoms with Gasteiger partial charge in [-0.1, -0.05) is 0 Å². The average Bonchev–Trinajstić information content (AvgIpc) is 2.69. The van der Waals surface area contributed by atoms with E-state index in [9.17, 15) is 14.9 Å². The molecule has 0 saturated carbocycles. The summed E-state index contributed by atoms with van der Waals surface area (Å²) in [6.45, 7) is 3.63. The Bertz CT molecular complexity index is 786. The summed E-state index contributed by atoms with van der Waals surface area (Å²) in [5, 5.41) is 13.8. The average molecular weight is 371 g/mol. The molecule has 27 heavy (non-hydrogen) atoms. The molecule has 0 atom stereocenters. The first-order chi connectivity index (χ1) is 13.0. The summed E-state index contributed by atoms with van der Waals surface area (Å²) >= 11 is 0. The van der Waals surface area contributed by atoms with Gasteiger partial charge in [0, 0.05) is 43.6 Å². The number of aromatic nitrogens is 1. The zero-order chi connectivity index (χ0) is 19.2. The number of nitrogens with one attached hydrogen (secondary N) is 1. The van der Waals surface area contributed by atoms with Gasteiger partial charge in [-0.2, -0.15) is 0 Å². The number of ether oxygens (including phenoxy) is 1. The SMILES string of the molecule is COC(=O)CN1CCN(c2ccc(Nc3ccc([N+](=O)[O-])cn3)cc2)CC1. The van der Waals surface area contributed by atoms with Crippen LogP contribution in [0, 0.1) is 10.1 Å². The Hall–Kier alpha value is -3.20. The van der Waals surface area contributed by atoms with Crippen molar-refractivity contribution in [3.63, 3.8) is 0 Å². The highest BCUT2D eigenvalue weighted by molar-refractivity contribution is 5.71. The number of rotatable bonds is 6. The Labute approximate surface area is 156 Å². The van der Waals surface area contributed by atoms with Gasteiger partial charge in [-0.3, -0.25) is 19.8 Å². The van der Waals surface area contributed by atoms with E-state index in [1.807, 2.05) is 24.3 Å². The molecule has 9 nitrogen and oxygen atoms in total. The van der Waals surface area contributed by atoms with Gasteiger partial charge in [0.2, 0.25) is 0 Å². The van der Waals surface area contributed by atoms with Crippen LogP contribution in [0.1, 0.15) is 0 Å². The van der Waals surface area contributed by atoms with E-state index in [0.29, 0.717) is 12.4 Å². The Morgan fingerprint density at radius 3 is 2.44 bits per heavy atom. The van der Waals surface area contributed by atoms with Crippen molar-refractivity contribution >= 4 is 28.8 Å². The molecule has 9 heteroatoms. The van der Waals surface area contributed by atoms with Crippen molar-refractivity contribution in [3.8, 4) is 0 Å². The Kier molecular flexibility index (Phi) is 5.82. The predicted molar refractivity (Wildman–Crippen MR) is 101 cm³/mol. The monoisotopic (exact) mass is 371 g/mol. The quantitative estimate of drug-likeness (QED) is 0.468. The lowest BCUT2D eigenvalue weighted by molar-refractivity contribution is -0.385. The summed E-state index contributed by atoms with van der Waals surface area (Å²) in [4.78, 5) is 29.9. The van der Waals surface area contributed by atoms with Gasteiger partial charge in [0.1, 0.15) is 12.0 Å². The molecule has 1 aromatic heterocycles. The molecule has 0 unspecified atom stereocenters. The van der Waals surface area contributed by atoms with Crippen molar-refractivity contribution in [2.75, 3.05) is 50.1 Å². The molecule has 1 aliphatic heterocycles. The molecule has 142 valence electrons. The van der Waals surface area contributed by atoms with E-state index in [-0.39, 0.29) is 11.7 Å². The third kappa shape index (κ3) is 4.91. The minimum Gasteiger partial charge on any atom is -0.468 e. The Morgan fingerprint density at radius 1 is 1.19 bits per heavy atom. The molecule has 1 saturated heterocycles. The topological polar surface area (TPSA) is 101 Å². The summed E-state index contributed by atoms with van der Waals surface area (Å²) in [6, 6.07) is 10.9. The fraction of sp³-hybridized carbons (Fsp3) is 0.333. The fourth-order valence-electron chi connectivity index (χ4n) is 2.88. The highest BCUT2D eigenvalue weighted by atomic mass is 16.6. The summed E-state index contributed by atoms with van der Waals surface area (Å²) < 4.78 is 4.71. The molecule has 1 fully saturated rings. The van der Waals surface area contributed by atoms with Gasteiger partial charge in [-0.15, -0.1) is 0 Å². The normalized spacial score (nSPS) is 14.6. The van der Waals surface area contributed by atoms with Crippen molar-refractivity contribution in [1.29, 1.82) is 0 Å². The second-order valence-electron chi connectivity index (χ2n) is 6.17. The molecule has 0 bridgehead atoms. The second kappa shape index (κ2) is 8.45.